The van der Waals surface area contributed by atoms with Crippen molar-refractivity contribution in [3.05, 3.63) is 0 Å². The molecule has 1 heterocycles. The molecule has 1 rings (SSSR count). The summed E-state index contributed by atoms with van der Waals surface area (Å²) in [5.41, 5.74) is 5.68. The molecule has 0 aromatic carbocycles. The van der Waals surface area contributed by atoms with Crippen molar-refractivity contribution in [3.8, 4) is 0 Å². The zero-order valence-corrected chi connectivity index (χ0v) is 6.94. The third-order valence-electron chi connectivity index (χ3n) is 2.01. The van der Waals surface area contributed by atoms with Gasteiger partial charge in [-0.1, -0.05) is 0 Å². The molecule has 1 aliphatic rings. The van der Waals surface area contributed by atoms with E-state index in [0.29, 0.717) is 5.92 Å². The second-order valence-corrected chi connectivity index (χ2v) is 3.97. The highest BCUT2D eigenvalue weighted by molar-refractivity contribution is 7.99. The van der Waals surface area contributed by atoms with E-state index in [-0.39, 0.29) is 12.6 Å². The first-order valence-corrected chi connectivity index (χ1v) is 4.94. The number of hydrogen-bond donors (Lipinski definition) is 2. The van der Waals surface area contributed by atoms with Crippen LogP contribution in [0.1, 0.15) is 12.8 Å². The van der Waals surface area contributed by atoms with Gasteiger partial charge in [-0.05, 0) is 30.3 Å². The van der Waals surface area contributed by atoms with Gasteiger partial charge in [0.15, 0.2) is 0 Å². The van der Waals surface area contributed by atoms with E-state index in [2.05, 4.69) is 0 Å². The van der Waals surface area contributed by atoms with Crippen LogP contribution in [0.2, 0.25) is 0 Å². The molecule has 60 valence electrons. The zero-order chi connectivity index (χ0) is 7.40. The minimum Gasteiger partial charge on any atom is -0.395 e. The van der Waals surface area contributed by atoms with E-state index in [9.17, 15) is 0 Å². The molecule has 2 nitrogen and oxygen atoms in total. The van der Waals surface area contributed by atoms with Crippen LogP contribution in [-0.4, -0.2) is 29.3 Å². The highest BCUT2D eigenvalue weighted by Gasteiger charge is 2.19. The summed E-state index contributed by atoms with van der Waals surface area (Å²) in [5, 5.41) is 8.75. The minimum atomic E-state index is 0.0211. The summed E-state index contributed by atoms with van der Waals surface area (Å²) in [7, 11) is 0. The summed E-state index contributed by atoms with van der Waals surface area (Å²) in [6.07, 6.45) is 2.47. The first kappa shape index (κ1) is 8.37. The van der Waals surface area contributed by atoms with Crippen LogP contribution in [0, 0.1) is 5.92 Å². The SMILES string of the molecule is N[C@H](CO)C1CCCSC1. The Morgan fingerprint density at radius 2 is 2.50 bits per heavy atom. The lowest BCUT2D eigenvalue weighted by Crippen LogP contribution is -2.36. The number of aliphatic hydroxyl groups is 1. The molecule has 1 unspecified atom stereocenters. The van der Waals surface area contributed by atoms with Gasteiger partial charge in [-0.25, -0.2) is 0 Å². The fraction of sp³-hybridized carbons (Fsp3) is 1.00. The maximum absolute atomic E-state index is 8.75. The summed E-state index contributed by atoms with van der Waals surface area (Å²) in [6, 6.07) is 0.0211. The molecule has 0 aromatic rings. The van der Waals surface area contributed by atoms with E-state index < -0.39 is 0 Å². The molecule has 3 heteroatoms. The lowest BCUT2D eigenvalue weighted by atomic mass is 9.98. The van der Waals surface area contributed by atoms with E-state index in [1.165, 1.54) is 18.6 Å². The van der Waals surface area contributed by atoms with Crippen LogP contribution in [0.25, 0.3) is 0 Å². The Kier molecular flexibility index (Phi) is 3.52. The molecule has 10 heavy (non-hydrogen) atoms. The van der Waals surface area contributed by atoms with Crippen molar-refractivity contribution in [1.29, 1.82) is 0 Å². The number of thioether (sulfide) groups is 1. The quantitative estimate of drug-likeness (QED) is 0.618. The van der Waals surface area contributed by atoms with Crippen LogP contribution < -0.4 is 5.73 Å². The van der Waals surface area contributed by atoms with Crippen molar-refractivity contribution in [2.45, 2.75) is 18.9 Å². The second-order valence-electron chi connectivity index (χ2n) is 2.82. The van der Waals surface area contributed by atoms with Gasteiger partial charge in [-0.15, -0.1) is 0 Å². The van der Waals surface area contributed by atoms with E-state index >= 15 is 0 Å². The van der Waals surface area contributed by atoms with Gasteiger partial charge in [0.25, 0.3) is 0 Å². The zero-order valence-electron chi connectivity index (χ0n) is 6.12. The molecule has 0 saturated carbocycles. The van der Waals surface area contributed by atoms with Crippen LogP contribution in [0.3, 0.4) is 0 Å². The summed E-state index contributed by atoms with van der Waals surface area (Å²) >= 11 is 1.96. The molecule has 1 fully saturated rings. The molecular formula is C7H15NOS. The Morgan fingerprint density at radius 1 is 1.70 bits per heavy atom. The van der Waals surface area contributed by atoms with Gasteiger partial charge in [0, 0.05) is 6.04 Å². The van der Waals surface area contributed by atoms with Crippen molar-refractivity contribution in [3.63, 3.8) is 0 Å². The van der Waals surface area contributed by atoms with E-state index in [1.54, 1.807) is 0 Å². The highest BCUT2D eigenvalue weighted by atomic mass is 32.2. The number of hydrogen-bond acceptors (Lipinski definition) is 3. The van der Waals surface area contributed by atoms with Crippen LogP contribution in [0.15, 0.2) is 0 Å². The molecule has 0 aliphatic carbocycles. The average Bonchev–Trinajstić information content (AvgIpc) is 2.05. The van der Waals surface area contributed by atoms with Crippen molar-refractivity contribution in [2.24, 2.45) is 11.7 Å². The maximum Gasteiger partial charge on any atom is 0.0585 e. The lowest BCUT2D eigenvalue weighted by Gasteiger charge is -2.25. The van der Waals surface area contributed by atoms with Gasteiger partial charge in [0.1, 0.15) is 0 Å². The Balaban J connectivity index is 2.24. The van der Waals surface area contributed by atoms with Crippen LogP contribution in [0.4, 0.5) is 0 Å². The summed E-state index contributed by atoms with van der Waals surface area (Å²) in [6.45, 7) is 0.144. The van der Waals surface area contributed by atoms with E-state index in [4.69, 9.17) is 10.8 Å². The topological polar surface area (TPSA) is 46.2 Å². The monoisotopic (exact) mass is 161 g/mol. The summed E-state index contributed by atoms with van der Waals surface area (Å²) < 4.78 is 0. The fourth-order valence-electron chi connectivity index (χ4n) is 1.25. The Bertz CT molecular complexity index is 93.6. The molecule has 3 N–H and O–H groups in total. The lowest BCUT2D eigenvalue weighted by molar-refractivity contribution is 0.228. The molecule has 0 amide bonds. The van der Waals surface area contributed by atoms with Gasteiger partial charge in [-0.3, -0.25) is 0 Å². The summed E-state index contributed by atoms with van der Waals surface area (Å²) in [4.78, 5) is 0. The maximum atomic E-state index is 8.75. The average molecular weight is 161 g/mol. The predicted octanol–water partition coefficient (Wildman–Crippen LogP) is 0.449. The second kappa shape index (κ2) is 4.21. The predicted molar refractivity (Wildman–Crippen MR) is 45.1 cm³/mol. The Labute approximate surface area is 66.2 Å². The van der Waals surface area contributed by atoms with E-state index in [0.717, 1.165) is 5.75 Å². The van der Waals surface area contributed by atoms with Gasteiger partial charge in [0.2, 0.25) is 0 Å². The molecule has 1 aliphatic heterocycles. The van der Waals surface area contributed by atoms with Crippen molar-refractivity contribution in [1.82, 2.24) is 0 Å². The third kappa shape index (κ3) is 2.15. The molecule has 0 radical (unpaired) electrons. The van der Waals surface area contributed by atoms with Crippen LogP contribution in [0.5, 0.6) is 0 Å². The van der Waals surface area contributed by atoms with Crippen molar-refractivity contribution >= 4 is 11.8 Å². The first-order valence-electron chi connectivity index (χ1n) is 3.78. The van der Waals surface area contributed by atoms with Gasteiger partial charge in [-0.2, -0.15) is 11.8 Å². The number of rotatable bonds is 2. The fourth-order valence-corrected chi connectivity index (χ4v) is 2.51. The molecule has 0 aromatic heterocycles. The Hall–Kier alpha value is 0.270. The Morgan fingerprint density at radius 3 is 3.00 bits per heavy atom. The van der Waals surface area contributed by atoms with Crippen molar-refractivity contribution in [2.75, 3.05) is 18.1 Å². The highest BCUT2D eigenvalue weighted by Crippen LogP contribution is 2.23. The largest absolute Gasteiger partial charge is 0.395 e. The molecule has 0 spiro atoms. The number of nitrogens with two attached hydrogens (primary N) is 1. The normalized spacial score (nSPS) is 30.0. The van der Waals surface area contributed by atoms with Gasteiger partial charge < -0.3 is 10.8 Å². The minimum absolute atomic E-state index is 0.0211. The molecule has 1 saturated heterocycles. The summed E-state index contributed by atoms with van der Waals surface area (Å²) in [5.74, 6) is 2.97. The third-order valence-corrected chi connectivity index (χ3v) is 3.25. The van der Waals surface area contributed by atoms with Crippen LogP contribution in [-0.2, 0) is 0 Å². The molecular weight excluding hydrogens is 146 g/mol. The molecule has 2 atom stereocenters. The van der Waals surface area contributed by atoms with Crippen molar-refractivity contribution < 1.29 is 5.11 Å². The van der Waals surface area contributed by atoms with Gasteiger partial charge >= 0.3 is 0 Å². The molecule has 0 bridgehead atoms. The van der Waals surface area contributed by atoms with Gasteiger partial charge in [0.05, 0.1) is 6.61 Å². The standard InChI is InChI=1S/C7H15NOS/c8-7(4-9)6-2-1-3-10-5-6/h6-7,9H,1-5,8H2/t6?,7-/m1/s1. The first-order chi connectivity index (χ1) is 4.84. The van der Waals surface area contributed by atoms with E-state index in [1.807, 2.05) is 11.8 Å². The smallest absolute Gasteiger partial charge is 0.0585 e. The number of aliphatic hydroxyl groups excluding tert-OH is 1. The van der Waals surface area contributed by atoms with Crippen LogP contribution >= 0.6 is 11.8 Å².